The van der Waals surface area contributed by atoms with Crippen LogP contribution in [-0.2, 0) is 19.9 Å². The van der Waals surface area contributed by atoms with Crippen LogP contribution in [0.1, 0.15) is 42.3 Å². The highest BCUT2D eigenvalue weighted by atomic mass is 19.1. The van der Waals surface area contributed by atoms with Gasteiger partial charge in [-0.1, -0.05) is 6.58 Å². The molecule has 2 rings (SSSR count). The Morgan fingerprint density at radius 2 is 2.06 bits per heavy atom. The molecule has 0 radical (unpaired) electrons. The zero-order valence-corrected chi connectivity index (χ0v) is 10.0. The molecule has 0 saturated carbocycles. The van der Waals surface area contributed by atoms with Crippen molar-refractivity contribution in [3.8, 4) is 0 Å². The summed E-state index contributed by atoms with van der Waals surface area (Å²) in [5, 5.41) is 0. The number of rotatable bonds is 2. The first-order chi connectivity index (χ1) is 7.65. The highest BCUT2D eigenvalue weighted by Gasteiger charge is 2.20. The summed E-state index contributed by atoms with van der Waals surface area (Å²) in [6.45, 7) is 5.33. The van der Waals surface area contributed by atoms with E-state index in [1.54, 1.807) is 6.08 Å². The van der Waals surface area contributed by atoms with Gasteiger partial charge >= 0.3 is 0 Å². The molecule has 86 valence electrons. The van der Waals surface area contributed by atoms with Crippen molar-refractivity contribution in [3.05, 3.63) is 34.9 Å². The van der Waals surface area contributed by atoms with Crippen LogP contribution in [0.2, 0.25) is 0 Å². The summed E-state index contributed by atoms with van der Waals surface area (Å²) in [5.41, 5.74) is 4.76. The van der Waals surface area contributed by atoms with Gasteiger partial charge in [-0.25, -0.2) is 4.39 Å². The summed E-state index contributed by atoms with van der Waals surface area (Å²) < 4.78 is 15.3. The number of hydrogen-bond donors (Lipinski definition) is 0. The number of halogens is 1. The summed E-state index contributed by atoms with van der Waals surface area (Å²) >= 11 is 0. The lowest BCUT2D eigenvalue weighted by Crippen LogP contribution is -2.05. The van der Waals surface area contributed by atoms with E-state index < -0.39 is 0 Å². The molecular formula is C14H18FN. The second kappa shape index (κ2) is 4.28. The summed E-state index contributed by atoms with van der Waals surface area (Å²) in [7, 11) is 2.05. The lowest BCUT2D eigenvalue weighted by molar-refractivity contribution is 0.644. The molecule has 0 aliphatic heterocycles. The highest BCUT2D eigenvalue weighted by Crippen LogP contribution is 2.31. The van der Waals surface area contributed by atoms with E-state index in [4.69, 9.17) is 0 Å². The molecule has 0 amide bonds. The second-order valence-corrected chi connectivity index (χ2v) is 4.43. The molecule has 2 heteroatoms. The molecule has 0 fully saturated rings. The molecule has 0 spiro atoms. The van der Waals surface area contributed by atoms with Crippen LogP contribution in [0.5, 0.6) is 0 Å². The Morgan fingerprint density at radius 1 is 1.38 bits per heavy atom. The number of fused-ring (bicyclic) bond motifs is 1. The smallest absolute Gasteiger partial charge is 0.0975 e. The molecule has 1 heterocycles. The quantitative estimate of drug-likeness (QED) is 0.711. The van der Waals surface area contributed by atoms with Crippen molar-refractivity contribution in [3.63, 3.8) is 0 Å². The molecule has 1 aromatic rings. The van der Waals surface area contributed by atoms with Gasteiger partial charge in [0.1, 0.15) is 0 Å². The fraction of sp³-hybridized carbons (Fsp3) is 0.429. The van der Waals surface area contributed by atoms with E-state index >= 15 is 0 Å². The van der Waals surface area contributed by atoms with Gasteiger partial charge in [-0.15, -0.1) is 0 Å². The summed E-state index contributed by atoms with van der Waals surface area (Å²) in [5.74, 6) is -0.137. The second-order valence-electron chi connectivity index (χ2n) is 4.43. The maximum absolute atomic E-state index is 13.1. The Kier molecular flexibility index (Phi) is 2.99. The number of hydrogen-bond acceptors (Lipinski definition) is 0. The van der Waals surface area contributed by atoms with Gasteiger partial charge in [0, 0.05) is 24.0 Å². The Labute approximate surface area is 96.3 Å². The highest BCUT2D eigenvalue weighted by molar-refractivity contribution is 5.68. The van der Waals surface area contributed by atoms with Gasteiger partial charge in [-0.2, -0.15) is 0 Å². The first-order valence-corrected chi connectivity index (χ1v) is 5.81. The first-order valence-electron chi connectivity index (χ1n) is 5.81. The van der Waals surface area contributed by atoms with Crippen molar-refractivity contribution in [2.75, 3.05) is 0 Å². The molecule has 1 aliphatic carbocycles. The standard InChI is InChI=1S/C14H18FN/c1-4-13-12(9-10(2)15)11-7-5-6-8-14(11)16(13)3/h4,9H,1,5-8H2,2-3H3/b10-9+. The van der Waals surface area contributed by atoms with Crippen molar-refractivity contribution >= 4 is 12.2 Å². The van der Waals surface area contributed by atoms with E-state index in [-0.39, 0.29) is 5.83 Å². The zero-order chi connectivity index (χ0) is 11.7. The van der Waals surface area contributed by atoms with E-state index in [2.05, 4.69) is 11.1 Å². The Bertz CT molecular complexity index is 448. The van der Waals surface area contributed by atoms with Gasteiger partial charge < -0.3 is 4.57 Å². The van der Waals surface area contributed by atoms with Crippen molar-refractivity contribution in [1.82, 2.24) is 4.57 Å². The Balaban J connectivity index is 2.65. The van der Waals surface area contributed by atoms with Crippen LogP contribution in [0.15, 0.2) is 12.4 Å². The maximum atomic E-state index is 13.1. The van der Waals surface area contributed by atoms with E-state index in [0.717, 1.165) is 24.1 Å². The molecule has 1 nitrogen and oxygen atoms in total. The normalized spacial score (nSPS) is 16.1. The third-order valence-electron chi connectivity index (χ3n) is 3.34. The molecule has 1 aromatic heterocycles. The minimum Gasteiger partial charge on any atom is -0.347 e. The zero-order valence-electron chi connectivity index (χ0n) is 10.0. The molecule has 0 atom stereocenters. The van der Waals surface area contributed by atoms with Gasteiger partial charge in [0.15, 0.2) is 0 Å². The molecule has 0 saturated heterocycles. The minimum atomic E-state index is -0.137. The average molecular weight is 219 g/mol. The van der Waals surface area contributed by atoms with Crippen molar-refractivity contribution in [2.45, 2.75) is 32.6 Å². The van der Waals surface area contributed by atoms with Crippen LogP contribution < -0.4 is 0 Å². The van der Waals surface area contributed by atoms with E-state index in [9.17, 15) is 4.39 Å². The lowest BCUT2D eigenvalue weighted by atomic mass is 9.94. The summed E-state index contributed by atoms with van der Waals surface area (Å²) in [4.78, 5) is 0. The first kappa shape index (κ1) is 11.2. The van der Waals surface area contributed by atoms with Crippen LogP contribution in [0.3, 0.4) is 0 Å². The lowest BCUT2D eigenvalue weighted by Gasteiger charge is -2.13. The largest absolute Gasteiger partial charge is 0.347 e. The predicted octanol–water partition coefficient (Wildman–Crippen LogP) is 3.88. The fourth-order valence-electron chi connectivity index (χ4n) is 2.64. The predicted molar refractivity (Wildman–Crippen MR) is 66.9 cm³/mol. The van der Waals surface area contributed by atoms with Gasteiger partial charge in [0.25, 0.3) is 0 Å². The molecular weight excluding hydrogens is 201 g/mol. The molecule has 0 aromatic carbocycles. The molecule has 0 N–H and O–H groups in total. The van der Waals surface area contributed by atoms with E-state index in [1.165, 1.54) is 31.0 Å². The topological polar surface area (TPSA) is 4.93 Å². The molecule has 0 bridgehead atoms. The van der Waals surface area contributed by atoms with Crippen LogP contribution in [-0.4, -0.2) is 4.57 Å². The van der Waals surface area contributed by atoms with Crippen molar-refractivity contribution in [1.29, 1.82) is 0 Å². The Morgan fingerprint density at radius 3 is 2.69 bits per heavy atom. The number of nitrogens with zero attached hydrogens (tertiary/aromatic N) is 1. The van der Waals surface area contributed by atoms with Gasteiger partial charge in [-0.3, -0.25) is 0 Å². The average Bonchev–Trinajstić information content (AvgIpc) is 2.52. The SMILES string of the molecule is C=Cc1c(/C=C(\C)F)c2c(n1C)CCCC2. The molecule has 16 heavy (non-hydrogen) atoms. The van der Waals surface area contributed by atoms with Crippen LogP contribution in [0.25, 0.3) is 12.2 Å². The van der Waals surface area contributed by atoms with Gasteiger partial charge in [0.05, 0.1) is 5.83 Å². The summed E-state index contributed by atoms with van der Waals surface area (Å²) in [6.07, 6.45) is 8.08. The number of allylic oxidation sites excluding steroid dienone is 1. The molecule has 1 aliphatic rings. The van der Waals surface area contributed by atoms with Gasteiger partial charge in [0.2, 0.25) is 0 Å². The van der Waals surface area contributed by atoms with Crippen LogP contribution in [0.4, 0.5) is 4.39 Å². The third kappa shape index (κ3) is 1.73. The van der Waals surface area contributed by atoms with E-state index in [0.29, 0.717) is 0 Å². The fourth-order valence-corrected chi connectivity index (χ4v) is 2.64. The van der Waals surface area contributed by atoms with Crippen LogP contribution >= 0.6 is 0 Å². The molecule has 0 unspecified atom stereocenters. The number of aromatic nitrogens is 1. The monoisotopic (exact) mass is 219 g/mol. The minimum absolute atomic E-state index is 0.137. The van der Waals surface area contributed by atoms with Gasteiger partial charge in [-0.05, 0) is 50.3 Å². The van der Waals surface area contributed by atoms with Crippen molar-refractivity contribution in [2.24, 2.45) is 7.05 Å². The summed E-state index contributed by atoms with van der Waals surface area (Å²) in [6, 6.07) is 0. The third-order valence-corrected chi connectivity index (χ3v) is 3.34. The Hall–Kier alpha value is -1.31. The maximum Gasteiger partial charge on any atom is 0.0975 e. The van der Waals surface area contributed by atoms with E-state index in [1.807, 2.05) is 13.1 Å². The van der Waals surface area contributed by atoms with Crippen LogP contribution in [0, 0.1) is 0 Å². The van der Waals surface area contributed by atoms with Crippen molar-refractivity contribution < 1.29 is 4.39 Å².